The van der Waals surface area contributed by atoms with Gasteiger partial charge >= 0.3 is 5.97 Å². The van der Waals surface area contributed by atoms with Gasteiger partial charge in [0, 0.05) is 12.1 Å². The summed E-state index contributed by atoms with van der Waals surface area (Å²) in [6, 6.07) is 23.1. The van der Waals surface area contributed by atoms with Gasteiger partial charge in [-0.15, -0.1) is 0 Å². The first-order valence-corrected chi connectivity index (χ1v) is 11.7. The molecule has 3 rings (SSSR count). The second-order valence-electron chi connectivity index (χ2n) is 8.46. The van der Waals surface area contributed by atoms with Crippen LogP contribution in [0.3, 0.4) is 0 Å². The lowest BCUT2D eigenvalue weighted by Crippen LogP contribution is -2.27. The summed E-state index contributed by atoms with van der Waals surface area (Å²) < 4.78 is 20.1. The van der Waals surface area contributed by atoms with E-state index in [1.54, 1.807) is 54.6 Å². The zero-order valence-corrected chi connectivity index (χ0v) is 20.5. The maximum absolute atomic E-state index is 14.4. The number of carboxylic acid groups (broad SMARTS) is 1. The highest BCUT2D eigenvalue weighted by atomic mass is 19.1. The number of hydrogen-bond donors (Lipinski definition) is 1. The van der Waals surface area contributed by atoms with E-state index in [0.29, 0.717) is 43.0 Å². The van der Waals surface area contributed by atoms with Crippen molar-refractivity contribution in [2.24, 2.45) is 5.16 Å². The molecule has 1 atom stereocenters. The van der Waals surface area contributed by atoms with E-state index < -0.39 is 17.9 Å². The first-order chi connectivity index (χ1) is 17.4. The zero-order valence-electron chi connectivity index (χ0n) is 20.5. The topological polar surface area (TPSA) is 71.4 Å². The number of ether oxygens (including phenoxy) is 1. The Morgan fingerprint density at radius 2 is 1.72 bits per heavy atom. The zero-order chi connectivity index (χ0) is 25.8. The predicted octanol–water partition coefficient (Wildman–Crippen LogP) is 5.29. The lowest BCUT2D eigenvalue weighted by Gasteiger charge is -2.15. The number of oxime groups is 1. The molecule has 0 radical (unpaired) electrons. The van der Waals surface area contributed by atoms with Gasteiger partial charge in [-0.1, -0.05) is 65.8 Å². The van der Waals surface area contributed by atoms with E-state index in [4.69, 9.17) is 9.57 Å². The van der Waals surface area contributed by atoms with Gasteiger partial charge in [0.1, 0.15) is 23.9 Å². The van der Waals surface area contributed by atoms with Crippen molar-refractivity contribution in [2.75, 3.05) is 27.2 Å². The molecule has 0 aliphatic heterocycles. The molecule has 188 valence electrons. The first-order valence-electron chi connectivity index (χ1n) is 11.7. The molecule has 0 saturated carbocycles. The molecule has 36 heavy (non-hydrogen) atoms. The number of hydrogen-bond acceptors (Lipinski definition) is 5. The molecule has 0 spiro atoms. The molecule has 1 N–H and O–H groups in total. The third-order valence-corrected chi connectivity index (χ3v) is 5.35. The number of aliphatic carboxylic acids is 1. The lowest BCUT2D eigenvalue weighted by molar-refractivity contribution is -0.145. The maximum atomic E-state index is 14.4. The highest BCUT2D eigenvalue weighted by molar-refractivity contribution is 6.10. The van der Waals surface area contributed by atoms with E-state index in [-0.39, 0.29) is 0 Å². The number of likely N-dealkylation sites (N-methyl/N-ethyl adjacent to an activating group) is 1. The predicted molar refractivity (Wildman–Crippen MR) is 140 cm³/mol. The minimum absolute atomic E-state index is 0.335. The maximum Gasteiger partial charge on any atom is 0.344 e. The summed E-state index contributed by atoms with van der Waals surface area (Å²) in [5, 5.41) is 13.7. The van der Waals surface area contributed by atoms with Crippen LogP contribution in [0, 0.1) is 5.82 Å². The van der Waals surface area contributed by atoms with E-state index in [1.807, 2.05) is 49.3 Å². The van der Waals surface area contributed by atoms with Gasteiger partial charge in [-0.25, -0.2) is 9.18 Å². The molecule has 3 aromatic carbocycles. The van der Waals surface area contributed by atoms with E-state index in [1.165, 1.54) is 6.07 Å². The van der Waals surface area contributed by atoms with E-state index in [9.17, 15) is 14.3 Å². The SMILES string of the molecule is CN(C)CCON=C(C=Cc1ccc(OC(CCc2ccccc2)C(=O)O)cc1)c1ccccc1F. The minimum atomic E-state index is -1.00. The van der Waals surface area contributed by atoms with Crippen molar-refractivity contribution < 1.29 is 23.9 Å². The Morgan fingerprint density at radius 3 is 2.39 bits per heavy atom. The molecular formula is C29H31FN2O4. The van der Waals surface area contributed by atoms with Crippen LogP contribution in [0.4, 0.5) is 4.39 Å². The molecular weight excluding hydrogens is 459 g/mol. The summed E-state index contributed by atoms with van der Waals surface area (Å²) >= 11 is 0. The highest BCUT2D eigenvalue weighted by Gasteiger charge is 2.19. The second-order valence-corrected chi connectivity index (χ2v) is 8.46. The average Bonchev–Trinajstić information content (AvgIpc) is 2.87. The molecule has 0 aliphatic rings. The molecule has 1 unspecified atom stereocenters. The Balaban J connectivity index is 1.67. The highest BCUT2D eigenvalue weighted by Crippen LogP contribution is 2.18. The van der Waals surface area contributed by atoms with Gasteiger partial charge in [0.05, 0.1) is 0 Å². The summed E-state index contributed by atoms with van der Waals surface area (Å²) in [7, 11) is 3.86. The number of allylic oxidation sites excluding steroid dienone is 1. The largest absolute Gasteiger partial charge is 0.479 e. The van der Waals surface area contributed by atoms with Crippen molar-refractivity contribution >= 4 is 17.8 Å². The van der Waals surface area contributed by atoms with Crippen LogP contribution in [-0.2, 0) is 16.1 Å². The Kier molecular flexibility index (Phi) is 10.2. The average molecular weight is 491 g/mol. The number of benzene rings is 3. The summed E-state index contributed by atoms with van der Waals surface area (Å²) in [4.78, 5) is 19.0. The Bertz CT molecular complexity index is 1160. The fourth-order valence-corrected chi connectivity index (χ4v) is 3.35. The summed E-state index contributed by atoms with van der Waals surface area (Å²) in [5.41, 5.74) is 2.57. The molecule has 0 fully saturated rings. The number of carbonyl (C=O) groups is 1. The fraction of sp³-hybridized carbons (Fsp3) is 0.241. The molecule has 0 saturated heterocycles. The van der Waals surface area contributed by atoms with Gasteiger partial charge < -0.3 is 19.6 Å². The molecule has 3 aromatic rings. The monoisotopic (exact) mass is 490 g/mol. The number of rotatable bonds is 13. The van der Waals surface area contributed by atoms with Crippen molar-refractivity contribution in [3.63, 3.8) is 0 Å². The van der Waals surface area contributed by atoms with Crippen LogP contribution in [-0.4, -0.2) is 55.0 Å². The molecule has 7 heteroatoms. The van der Waals surface area contributed by atoms with E-state index in [0.717, 1.165) is 11.1 Å². The van der Waals surface area contributed by atoms with Crippen LogP contribution in [0.15, 0.2) is 90.1 Å². The normalized spacial score (nSPS) is 12.6. The van der Waals surface area contributed by atoms with Crippen LogP contribution >= 0.6 is 0 Å². The smallest absolute Gasteiger partial charge is 0.344 e. The number of halogens is 1. The number of aryl methyl sites for hydroxylation is 1. The third kappa shape index (κ3) is 8.67. The van der Waals surface area contributed by atoms with Crippen LogP contribution in [0.5, 0.6) is 5.75 Å². The van der Waals surface area contributed by atoms with Crippen molar-refractivity contribution in [2.45, 2.75) is 18.9 Å². The minimum Gasteiger partial charge on any atom is -0.479 e. The Hall–Kier alpha value is -3.97. The molecule has 0 aromatic heterocycles. The van der Waals surface area contributed by atoms with Gasteiger partial charge in [-0.3, -0.25) is 0 Å². The van der Waals surface area contributed by atoms with Crippen molar-refractivity contribution in [3.05, 3.63) is 107 Å². The quantitative estimate of drug-likeness (QED) is 0.200. The number of carboxylic acids is 1. The summed E-state index contributed by atoms with van der Waals surface area (Å²) in [5.74, 6) is -0.936. The van der Waals surface area contributed by atoms with Crippen molar-refractivity contribution in [3.8, 4) is 5.75 Å². The summed E-state index contributed by atoms with van der Waals surface area (Å²) in [6.07, 6.45) is 3.48. The van der Waals surface area contributed by atoms with Crippen LogP contribution in [0.1, 0.15) is 23.1 Å². The third-order valence-electron chi connectivity index (χ3n) is 5.35. The lowest BCUT2D eigenvalue weighted by atomic mass is 10.1. The van der Waals surface area contributed by atoms with Gasteiger partial charge in [-0.05, 0) is 68.4 Å². The molecule has 6 nitrogen and oxygen atoms in total. The van der Waals surface area contributed by atoms with Gasteiger partial charge in [0.2, 0.25) is 0 Å². The van der Waals surface area contributed by atoms with E-state index in [2.05, 4.69) is 5.16 Å². The molecule has 0 amide bonds. The molecule has 0 bridgehead atoms. The molecule has 0 heterocycles. The van der Waals surface area contributed by atoms with Crippen LogP contribution in [0.2, 0.25) is 0 Å². The van der Waals surface area contributed by atoms with Gasteiger partial charge in [0.25, 0.3) is 0 Å². The summed E-state index contributed by atoms with van der Waals surface area (Å²) in [6.45, 7) is 1.06. The Labute approximate surface area is 211 Å². The fourth-order valence-electron chi connectivity index (χ4n) is 3.35. The first kappa shape index (κ1) is 26.6. The van der Waals surface area contributed by atoms with Crippen LogP contribution < -0.4 is 4.74 Å². The van der Waals surface area contributed by atoms with Crippen LogP contribution in [0.25, 0.3) is 6.08 Å². The Morgan fingerprint density at radius 1 is 1.03 bits per heavy atom. The van der Waals surface area contributed by atoms with E-state index >= 15 is 0 Å². The van der Waals surface area contributed by atoms with Crippen molar-refractivity contribution in [1.82, 2.24) is 4.90 Å². The second kappa shape index (κ2) is 13.8. The standard InChI is InChI=1S/C29H31FN2O4/c1-32(2)20-21-35-31-27(25-10-6-7-11-26(25)30)18-14-23-12-16-24(17-13-23)36-28(29(33)34)19-15-22-8-4-3-5-9-22/h3-14,16-18,28H,15,19-21H2,1-2H3,(H,33,34). The molecule has 0 aliphatic carbocycles. The van der Waals surface area contributed by atoms with Gasteiger partial charge in [-0.2, -0.15) is 0 Å². The number of nitrogens with zero attached hydrogens (tertiary/aromatic N) is 2. The van der Waals surface area contributed by atoms with Crippen molar-refractivity contribution in [1.29, 1.82) is 0 Å². The van der Waals surface area contributed by atoms with Gasteiger partial charge in [0.15, 0.2) is 6.10 Å².